The van der Waals surface area contributed by atoms with Crippen LogP contribution in [0.15, 0.2) is 46.0 Å². The summed E-state index contributed by atoms with van der Waals surface area (Å²) >= 11 is 0. The van der Waals surface area contributed by atoms with Gasteiger partial charge in [-0.1, -0.05) is 26.0 Å². The molecule has 18 heteroatoms. The Kier molecular flexibility index (Phi) is 16.6. The largest absolute Gasteiger partial charge is 0.493 e. The van der Waals surface area contributed by atoms with Gasteiger partial charge in [0.05, 0.1) is 47.8 Å². The number of hydrogen-bond acceptors (Lipinski definition) is 12. The Morgan fingerprint density at radius 2 is 1.03 bits per heavy atom. The van der Waals surface area contributed by atoms with Crippen molar-refractivity contribution in [1.82, 2.24) is 59.6 Å². The Balaban J connectivity index is 0.000000241. The van der Waals surface area contributed by atoms with Gasteiger partial charge >= 0.3 is 0 Å². The molecule has 0 spiro atoms. The van der Waals surface area contributed by atoms with Crippen LogP contribution in [-0.2, 0) is 35.5 Å². The predicted octanol–water partition coefficient (Wildman–Crippen LogP) is 4.62. The fourth-order valence-electron chi connectivity index (χ4n) is 7.28. The van der Waals surface area contributed by atoms with Gasteiger partial charge in [-0.15, -0.1) is 10.2 Å². The number of aromatic amines is 2. The topological polar surface area (TPSA) is 209 Å². The lowest BCUT2D eigenvalue weighted by molar-refractivity contribution is -0.131. The van der Waals surface area contributed by atoms with Crippen LogP contribution in [0.5, 0.6) is 11.5 Å². The molecule has 2 aromatic carbocycles. The molecule has 0 aliphatic carbocycles. The predicted molar refractivity (Wildman–Crippen MR) is 248 cm³/mol. The number of likely N-dealkylation sites (N-methyl/N-ethyl adjacent to an activating group) is 2. The van der Waals surface area contributed by atoms with Crippen LogP contribution in [0.1, 0.15) is 88.5 Å². The van der Waals surface area contributed by atoms with Crippen LogP contribution in [0.3, 0.4) is 0 Å². The minimum absolute atomic E-state index is 0.00605. The second-order valence-corrected chi connectivity index (χ2v) is 16.1. The average molecular weight is 881 g/mol. The number of fused-ring (bicyclic) bond motifs is 2. The van der Waals surface area contributed by atoms with Crippen LogP contribution in [0, 0.1) is 13.8 Å². The summed E-state index contributed by atoms with van der Waals surface area (Å²) in [5, 5.41) is 15.9. The molecule has 2 atom stereocenters. The molecule has 0 unspecified atom stereocenters. The molecule has 0 saturated carbocycles. The molecule has 0 saturated heterocycles. The minimum Gasteiger partial charge on any atom is -0.493 e. The summed E-state index contributed by atoms with van der Waals surface area (Å²) in [6.45, 7) is 17.2. The molecular weight excluding hydrogens is 817 g/mol. The molecule has 4 heterocycles. The maximum absolute atomic E-state index is 12.9. The number of amides is 2. The Hall–Kier alpha value is -6.40. The number of carbonyl (C=O) groups excluding carboxylic acids is 2. The summed E-state index contributed by atoms with van der Waals surface area (Å²) in [4.78, 5) is 68.0. The highest BCUT2D eigenvalue weighted by Crippen LogP contribution is 2.30. The Bertz CT molecular complexity index is 2510. The number of carbonyl (C=O) groups is 2. The first kappa shape index (κ1) is 48.6. The van der Waals surface area contributed by atoms with Crippen LogP contribution in [0.25, 0.3) is 33.8 Å². The van der Waals surface area contributed by atoms with Crippen molar-refractivity contribution < 1.29 is 19.1 Å². The van der Waals surface area contributed by atoms with Gasteiger partial charge in [0.25, 0.3) is 11.1 Å². The van der Waals surface area contributed by atoms with E-state index in [0.29, 0.717) is 83.0 Å². The highest BCUT2D eigenvalue weighted by atomic mass is 16.5. The summed E-state index contributed by atoms with van der Waals surface area (Å²) in [5.41, 5.74) is 5.04. The van der Waals surface area contributed by atoms with Gasteiger partial charge in [0.1, 0.15) is 23.1 Å². The molecule has 2 amide bonds. The molecule has 0 aliphatic rings. The lowest BCUT2D eigenvalue weighted by Crippen LogP contribution is -2.41. The molecule has 0 fully saturated rings. The van der Waals surface area contributed by atoms with E-state index >= 15 is 0 Å². The molecule has 0 aliphatic heterocycles. The number of ether oxygens (including phenoxy) is 2. The number of nitrogens with zero attached hydrogens (tertiary/aromatic N) is 8. The smallest absolute Gasteiger partial charge is 0.277 e. The first-order chi connectivity index (χ1) is 30.5. The quantitative estimate of drug-likeness (QED) is 0.0933. The van der Waals surface area contributed by atoms with E-state index in [0.717, 1.165) is 48.5 Å². The van der Waals surface area contributed by atoms with Crippen molar-refractivity contribution in [1.29, 1.82) is 0 Å². The van der Waals surface area contributed by atoms with Gasteiger partial charge in [-0.2, -0.15) is 0 Å². The molecule has 18 nitrogen and oxygen atoms in total. The number of hydrogen-bond donors (Lipinski definition) is 4. The summed E-state index contributed by atoms with van der Waals surface area (Å²) < 4.78 is 14.9. The van der Waals surface area contributed by atoms with Crippen molar-refractivity contribution in [2.45, 2.75) is 106 Å². The Morgan fingerprint density at radius 1 is 0.656 bits per heavy atom. The first-order valence-electron chi connectivity index (χ1n) is 21.9. The fourth-order valence-corrected chi connectivity index (χ4v) is 7.28. The monoisotopic (exact) mass is 881 g/mol. The number of benzene rings is 2. The summed E-state index contributed by atoms with van der Waals surface area (Å²) in [7, 11) is 6.94. The molecule has 4 N–H and O–H groups in total. The van der Waals surface area contributed by atoms with E-state index in [2.05, 4.69) is 44.4 Å². The Morgan fingerprint density at radius 3 is 1.36 bits per heavy atom. The highest BCUT2D eigenvalue weighted by Gasteiger charge is 2.21. The molecule has 4 aromatic heterocycles. The minimum atomic E-state index is -0.320. The normalized spacial score (nSPS) is 12.2. The van der Waals surface area contributed by atoms with Crippen LogP contribution in [0.4, 0.5) is 0 Å². The Labute approximate surface area is 373 Å². The van der Waals surface area contributed by atoms with Crippen molar-refractivity contribution in [3.63, 3.8) is 0 Å². The van der Waals surface area contributed by atoms with Gasteiger partial charge in [-0.05, 0) is 89.8 Å². The summed E-state index contributed by atoms with van der Waals surface area (Å²) in [6.07, 6.45) is 3.26. The zero-order valence-electron chi connectivity index (χ0n) is 39.3. The first-order valence-corrected chi connectivity index (χ1v) is 21.9. The van der Waals surface area contributed by atoms with Gasteiger partial charge in [0, 0.05) is 54.1 Å². The van der Waals surface area contributed by atoms with Crippen molar-refractivity contribution in [3.8, 4) is 34.3 Å². The van der Waals surface area contributed by atoms with E-state index in [4.69, 9.17) is 19.7 Å². The van der Waals surface area contributed by atoms with Crippen LogP contribution < -0.4 is 31.2 Å². The maximum Gasteiger partial charge on any atom is 0.277 e. The highest BCUT2D eigenvalue weighted by molar-refractivity contribution is 5.81. The second kappa shape index (κ2) is 21.8. The third-order valence-electron chi connectivity index (χ3n) is 10.5. The summed E-state index contributed by atoms with van der Waals surface area (Å²) in [5.74, 6) is 3.63. The number of nitrogens with one attached hydrogen (secondary N) is 4. The third kappa shape index (κ3) is 11.2. The van der Waals surface area contributed by atoms with Gasteiger partial charge in [0.15, 0.2) is 22.7 Å². The third-order valence-corrected chi connectivity index (χ3v) is 10.5. The lowest BCUT2D eigenvalue weighted by atomic mass is 10.1. The van der Waals surface area contributed by atoms with E-state index < -0.39 is 0 Å². The fraction of sp³-hybridized carbons (Fsp3) is 0.478. The molecular formula is C46H64N12O6. The van der Waals surface area contributed by atoms with Gasteiger partial charge in [-0.25, -0.2) is 19.0 Å². The van der Waals surface area contributed by atoms with E-state index in [9.17, 15) is 19.2 Å². The number of H-pyrrole nitrogens is 2. The lowest BCUT2D eigenvalue weighted by Gasteiger charge is -2.18. The zero-order valence-corrected chi connectivity index (χ0v) is 39.3. The van der Waals surface area contributed by atoms with Crippen molar-refractivity contribution >= 4 is 22.8 Å². The van der Waals surface area contributed by atoms with E-state index in [1.54, 1.807) is 47.0 Å². The van der Waals surface area contributed by atoms with Crippen LogP contribution in [-0.4, -0.2) is 114 Å². The van der Waals surface area contributed by atoms with Crippen molar-refractivity contribution in [2.24, 2.45) is 0 Å². The van der Waals surface area contributed by atoms with Gasteiger partial charge in [0.2, 0.25) is 11.8 Å². The van der Waals surface area contributed by atoms with Gasteiger partial charge in [-0.3, -0.25) is 19.2 Å². The standard InChI is InChI=1S/2C23H32N6O3/c2*1-7-9-19-25-14(3)20-22(30)26-21(27-29(19)20)17-12-16(10-11-18(17)32-8-2)13-24-15(4)23(31)28(5)6/h2*10-12,15,24H,7-9,13H2,1-6H3,(H,26,27,30)/t2*15-/m10/s1. The second-order valence-electron chi connectivity index (χ2n) is 16.1. The van der Waals surface area contributed by atoms with Crippen molar-refractivity contribution in [3.05, 3.63) is 91.3 Å². The van der Waals surface area contributed by atoms with Crippen LogP contribution >= 0.6 is 0 Å². The van der Waals surface area contributed by atoms with E-state index in [1.807, 2.05) is 77.9 Å². The van der Waals surface area contributed by atoms with E-state index in [-0.39, 0.29) is 35.0 Å². The molecule has 344 valence electrons. The number of rotatable bonds is 18. The molecule has 0 bridgehead atoms. The molecule has 6 aromatic rings. The van der Waals surface area contributed by atoms with Gasteiger partial charge < -0.3 is 39.9 Å². The summed E-state index contributed by atoms with van der Waals surface area (Å²) in [6, 6.07) is 10.8. The SMILES string of the molecule is CCCc1nc(C)c2c(=O)[nH]c(-c3cc(CN[C@@H](C)C(=O)N(C)C)ccc3OCC)nn12.CCCc1nc(C)c2c(=O)[nH]c(-c3cc(CN[C@H](C)C(=O)N(C)C)ccc3OCC)nn12. The molecule has 0 radical (unpaired) electrons. The van der Waals surface area contributed by atoms with Crippen molar-refractivity contribution in [2.75, 3.05) is 41.4 Å². The number of aromatic nitrogens is 8. The van der Waals surface area contributed by atoms with E-state index in [1.165, 1.54) is 0 Å². The zero-order chi connectivity index (χ0) is 46.8. The molecule has 6 rings (SSSR count). The number of imidazole rings is 2. The maximum atomic E-state index is 12.9. The molecule has 64 heavy (non-hydrogen) atoms. The van der Waals surface area contributed by atoms with Crippen LogP contribution in [0.2, 0.25) is 0 Å². The number of aryl methyl sites for hydroxylation is 4. The average Bonchev–Trinajstić information content (AvgIpc) is 3.76.